The average molecular weight is 172 g/mol. The molecular formula is C10H20O2. The zero-order valence-corrected chi connectivity index (χ0v) is 8.55. The van der Waals surface area contributed by atoms with E-state index in [1.165, 1.54) is 0 Å². The number of aliphatic hydroxyl groups excluding tert-OH is 1. The third-order valence-electron chi connectivity index (χ3n) is 1.29. The van der Waals surface area contributed by atoms with Crippen LogP contribution in [0.15, 0.2) is 12.0 Å². The van der Waals surface area contributed by atoms with Gasteiger partial charge < -0.3 is 9.84 Å². The third-order valence-corrected chi connectivity index (χ3v) is 1.29. The predicted octanol–water partition coefficient (Wildman–Crippen LogP) is 3.39. The van der Waals surface area contributed by atoms with Crippen molar-refractivity contribution in [1.29, 1.82) is 0 Å². The minimum absolute atomic E-state index is 0.0518. The highest BCUT2D eigenvalue weighted by Crippen LogP contribution is 2.12. The molecule has 0 aromatic heterocycles. The van der Waals surface area contributed by atoms with E-state index in [-0.39, 0.29) is 11.5 Å². The van der Waals surface area contributed by atoms with Gasteiger partial charge in [-0.2, -0.15) is 0 Å². The number of hydrogen-bond acceptors (Lipinski definition) is 2. The summed E-state index contributed by atoms with van der Waals surface area (Å²) in [6.45, 7) is 7.86. The first-order valence-electron chi connectivity index (χ1n) is 4.54. The smallest absolute Gasteiger partial charge is 0.272 e. The molecule has 0 bridgehead atoms. The first-order valence-corrected chi connectivity index (χ1v) is 4.54. The zero-order valence-electron chi connectivity index (χ0n) is 8.55. The van der Waals surface area contributed by atoms with Crippen LogP contribution in [0.2, 0.25) is 0 Å². The van der Waals surface area contributed by atoms with Crippen LogP contribution in [0.3, 0.4) is 0 Å². The van der Waals surface area contributed by atoms with Gasteiger partial charge in [-0.25, -0.2) is 0 Å². The number of unbranched alkanes of at least 4 members (excludes halogenated alkanes) is 2. The number of ether oxygens (including phenoxy) is 1. The molecule has 1 N–H and O–H groups in total. The van der Waals surface area contributed by atoms with Crippen molar-refractivity contribution in [2.45, 2.75) is 52.6 Å². The molecule has 0 fully saturated rings. The topological polar surface area (TPSA) is 29.5 Å². The minimum atomic E-state index is -0.299. The van der Waals surface area contributed by atoms with E-state index in [0.29, 0.717) is 0 Å². The summed E-state index contributed by atoms with van der Waals surface area (Å²) in [7, 11) is 0. The largest absolute Gasteiger partial charge is 0.481 e. The second kappa shape index (κ2) is 5.07. The van der Waals surface area contributed by atoms with Crippen LogP contribution in [0, 0.1) is 0 Å². The standard InChI is InChI=1S/C10H20O2/c1-5-6-7-8-9(11)12-10(2,3)4/h8,11H,5-7H2,1-4H3/b9-8-. The van der Waals surface area contributed by atoms with E-state index in [1.54, 1.807) is 6.08 Å². The number of rotatable bonds is 4. The lowest BCUT2D eigenvalue weighted by Crippen LogP contribution is -2.18. The van der Waals surface area contributed by atoms with Crippen molar-refractivity contribution >= 4 is 0 Å². The van der Waals surface area contributed by atoms with Crippen LogP contribution in [-0.2, 0) is 4.74 Å². The minimum Gasteiger partial charge on any atom is -0.481 e. The molecule has 0 aliphatic carbocycles. The molecular weight excluding hydrogens is 152 g/mol. The predicted molar refractivity (Wildman–Crippen MR) is 51.1 cm³/mol. The fourth-order valence-electron chi connectivity index (χ4n) is 0.785. The Morgan fingerprint density at radius 1 is 1.42 bits per heavy atom. The fourth-order valence-corrected chi connectivity index (χ4v) is 0.785. The first-order chi connectivity index (χ1) is 5.45. The normalized spacial score (nSPS) is 13.2. The van der Waals surface area contributed by atoms with Crippen molar-refractivity contribution in [3.63, 3.8) is 0 Å². The van der Waals surface area contributed by atoms with Crippen LogP contribution < -0.4 is 0 Å². The van der Waals surface area contributed by atoms with Crippen molar-refractivity contribution in [1.82, 2.24) is 0 Å². The molecule has 0 saturated carbocycles. The quantitative estimate of drug-likeness (QED) is 0.520. The molecule has 0 aromatic rings. The Morgan fingerprint density at radius 3 is 2.42 bits per heavy atom. The lowest BCUT2D eigenvalue weighted by atomic mass is 10.2. The molecule has 0 unspecified atom stereocenters. The van der Waals surface area contributed by atoms with E-state index >= 15 is 0 Å². The summed E-state index contributed by atoms with van der Waals surface area (Å²) in [6, 6.07) is 0. The zero-order chi connectivity index (χ0) is 9.61. The molecule has 72 valence electrons. The maximum absolute atomic E-state index is 9.25. The van der Waals surface area contributed by atoms with Gasteiger partial charge in [-0.05, 0) is 39.7 Å². The summed E-state index contributed by atoms with van der Waals surface area (Å²) in [5.41, 5.74) is -0.299. The second-order valence-corrected chi connectivity index (χ2v) is 3.90. The maximum atomic E-state index is 9.25. The summed E-state index contributed by atoms with van der Waals surface area (Å²) in [6.07, 6.45) is 4.85. The van der Waals surface area contributed by atoms with Crippen molar-refractivity contribution in [3.05, 3.63) is 12.0 Å². The Kier molecular flexibility index (Phi) is 4.79. The maximum Gasteiger partial charge on any atom is 0.272 e. The molecule has 0 aromatic carbocycles. The summed E-state index contributed by atoms with van der Waals surface area (Å²) in [4.78, 5) is 0. The molecule has 0 radical (unpaired) electrons. The Bertz CT molecular complexity index is 142. The van der Waals surface area contributed by atoms with Gasteiger partial charge in [0, 0.05) is 0 Å². The lowest BCUT2D eigenvalue weighted by molar-refractivity contribution is -0.0153. The Labute approximate surface area is 75.2 Å². The number of aliphatic hydroxyl groups is 1. The van der Waals surface area contributed by atoms with Crippen molar-refractivity contribution in [3.8, 4) is 0 Å². The fraction of sp³-hybridized carbons (Fsp3) is 0.800. The van der Waals surface area contributed by atoms with Gasteiger partial charge in [0.05, 0.1) is 0 Å². The van der Waals surface area contributed by atoms with E-state index in [4.69, 9.17) is 4.74 Å². The molecule has 0 amide bonds. The molecule has 0 rings (SSSR count). The van der Waals surface area contributed by atoms with Crippen LogP contribution >= 0.6 is 0 Å². The van der Waals surface area contributed by atoms with E-state index in [2.05, 4.69) is 6.92 Å². The van der Waals surface area contributed by atoms with E-state index in [0.717, 1.165) is 19.3 Å². The third kappa shape index (κ3) is 7.45. The number of allylic oxidation sites excluding steroid dienone is 1. The summed E-state index contributed by atoms with van der Waals surface area (Å²) < 4.78 is 5.20. The van der Waals surface area contributed by atoms with Gasteiger partial charge in [0.2, 0.25) is 0 Å². The van der Waals surface area contributed by atoms with E-state index in [1.807, 2.05) is 20.8 Å². The van der Waals surface area contributed by atoms with Crippen LogP contribution in [0.5, 0.6) is 0 Å². The van der Waals surface area contributed by atoms with Crippen molar-refractivity contribution < 1.29 is 9.84 Å². The highest BCUT2D eigenvalue weighted by molar-refractivity contribution is 4.83. The molecule has 0 spiro atoms. The molecule has 12 heavy (non-hydrogen) atoms. The van der Waals surface area contributed by atoms with Gasteiger partial charge in [0.1, 0.15) is 5.60 Å². The van der Waals surface area contributed by atoms with E-state index in [9.17, 15) is 5.11 Å². The molecule has 2 nitrogen and oxygen atoms in total. The van der Waals surface area contributed by atoms with Gasteiger partial charge in [-0.3, -0.25) is 0 Å². The summed E-state index contributed by atoms with van der Waals surface area (Å²) in [5, 5.41) is 9.25. The number of hydrogen-bond donors (Lipinski definition) is 1. The average Bonchev–Trinajstić information content (AvgIpc) is 1.84. The van der Waals surface area contributed by atoms with Crippen LogP contribution in [0.1, 0.15) is 47.0 Å². The molecule has 0 heterocycles. The molecule has 0 aliphatic heterocycles. The van der Waals surface area contributed by atoms with Gasteiger partial charge in [0.25, 0.3) is 5.95 Å². The molecule has 0 saturated heterocycles. The lowest BCUT2D eigenvalue weighted by Gasteiger charge is -2.19. The first kappa shape index (κ1) is 11.3. The Hall–Kier alpha value is -0.660. The summed E-state index contributed by atoms with van der Waals surface area (Å²) >= 11 is 0. The molecule has 2 heteroatoms. The highest BCUT2D eigenvalue weighted by Gasteiger charge is 2.11. The summed E-state index contributed by atoms with van der Waals surface area (Å²) in [5.74, 6) is 0.0518. The monoisotopic (exact) mass is 172 g/mol. The van der Waals surface area contributed by atoms with Crippen LogP contribution in [0.25, 0.3) is 0 Å². The van der Waals surface area contributed by atoms with Gasteiger partial charge in [-0.1, -0.05) is 13.3 Å². The van der Waals surface area contributed by atoms with Crippen LogP contribution in [-0.4, -0.2) is 10.7 Å². The molecule has 0 aliphatic rings. The SMILES string of the molecule is CCCC/C=C(/O)OC(C)(C)C. The van der Waals surface area contributed by atoms with Crippen molar-refractivity contribution in [2.75, 3.05) is 0 Å². The molecule has 0 atom stereocenters. The second-order valence-electron chi connectivity index (χ2n) is 3.90. The Morgan fingerprint density at radius 2 is 2.00 bits per heavy atom. The van der Waals surface area contributed by atoms with Crippen molar-refractivity contribution in [2.24, 2.45) is 0 Å². The van der Waals surface area contributed by atoms with E-state index < -0.39 is 0 Å². The highest BCUT2D eigenvalue weighted by atomic mass is 16.6. The van der Waals surface area contributed by atoms with Gasteiger partial charge in [0.15, 0.2) is 0 Å². The van der Waals surface area contributed by atoms with Crippen LogP contribution in [0.4, 0.5) is 0 Å². The van der Waals surface area contributed by atoms with Gasteiger partial charge in [-0.15, -0.1) is 0 Å². The van der Waals surface area contributed by atoms with Gasteiger partial charge >= 0.3 is 0 Å². The Balaban J connectivity index is 3.70.